The molecule has 1 saturated carbocycles. The van der Waals surface area contributed by atoms with Crippen LogP contribution in [0, 0.1) is 42.3 Å². The number of aromatic carboxylic acids is 1. The number of fused-ring (bicyclic) bond motifs is 16. The monoisotopic (exact) mass is 1120 g/mol. The van der Waals surface area contributed by atoms with Gasteiger partial charge in [-0.3, -0.25) is 33.8 Å². The molecular weight excluding hydrogens is 1050 g/mol. The number of carbonyl (C=O) groups excluding carboxylic acids is 5. The van der Waals surface area contributed by atoms with E-state index in [0.29, 0.717) is 25.9 Å². The van der Waals surface area contributed by atoms with Crippen molar-refractivity contribution in [2.75, 3.05) is 38.8 Å². The van der Waals surface area contributed by atoms with Crippen LogP contribution in [0.5, 0.6) is 17.2 Å². The topological polar surface area (TPSA) is 282 Å². The van der Waals surface area contributed by atoms with E-state index in [0.717, 1.165) is 31.4 Å². The van der Waals surface area contributed by atoms with Crippen LogP contribution in [0.1, 0.15) is 127 Å². The summed E-state index contributed by atoms with van der Waals surface area (Å²) >= 11 is 0. The van der Waals surface area contributed by atoms with Crippen molar-refractivity contribution in [1.29, 1.82) is 0 Å². The number of piperidine rings is 1. The number of methoxy groups -OCH3 is 2. The molecule has 1 amide bonds. The normalized spacial score (nSPS) is 30.7. The lowest BCUT2D eigenvalue weighted by molar-refractivity contribution is -0.160. The third-order valence-corrected chi connectivity index (χ3v) is 17.0. The summed E-state index contributed by atoms with van der Waals surface area (Å²) < 4.78 is 47.9. The van der Waals surface area contributed by atoms with E-state index in [9.17, 15) is 44.4 Å². The van der Waals surface area contributed by atoms with Crippen molar-refractivity contribution in [2.24, 2.45) is 34.7 Å². The number of hydrogen-bond donors (Lipinski definition) is 5. The van der Waals surface area contributed by atoms with Gasteiger partial charge >= 0.3 is 17.7 Å². The number of anilines is 1. The van der Waals surface area contributed by atoms with Crippen LogP contribution in [0.2, 0.25) is 0 Å². The Labute approximate surface area is 466 Å². The number of allylic oxidation sites excluding steroid dienone is 4. The molecule has 81 heavy (non-hydrogen) atoms. The maximum atomic E-state index is 16.6. The number of benzene rings is 2. The second-order valence-corrected chi connectivity index (χ2v) is 22.3. The van der Waals surface area contributed by atoms with Crippen molar-refractivity contribution in [2.45, 2.75) is 123 Å². The van der Waals surface area contributed by atoms with E-state index in [2.05, 4.69) is 5.32 Å². The molecule has 5 aliphatic heterocycles. The second-order valence-electron chi connectivity index (χ2n) is 22.3. The molecule has 0 spiro atoms. The molecule has 0 radical (unpaired) electrons. The first-order chi connectivity index (χ1) is 38.3. The molecule has 1 aromatic heterocycles. The molecule has 2 unspecified atom stereocenters. The van der Waals surface area contributed by atoms with Gasteiger partial charge in [0, 0.05) is 93.6 Å². The van der Waals surface area contributed by atoms with Gasteiger partial charge in [-0.1, -0.05) is 45.9 Å². The van der Waals surface area contributed by atoms with Crippen LogP contribution in [0.4, 0.5) is 10.1 Å². The zero-order valence-corrected chi connectivity index (χ0v) is 46.8. The molecule has 432 valence electrons. The van der Waals surface area contributed by atoms with Crippen molar-refractivity contribution < 1.29 is 77.3 Å². The highest BCUT2D eigenvalue weighted by molar-refractivity contribution is 6.38. The molecule has 3 aromatic rings. The average molecular weight is 1120 g/mol. The molecule has 22 heteroatoms. The highest BCUT2D eigenvalue weighted by Gasteiger charge is 2.53. The summed E-state index contributed by atoms with van der Waals surface area (Å²) in [5.74, 6) is -12.6. The Morgan fingerprint density at radius 2 is 1.65 bits per heavy atom. The van der Waals surface area contributed by atoms with Gasteiger partial charge in [-0.15, -0.1) is 0 Å². The zero-order chi connectivity index (χ0) is 58.8. The number of carboxylic acid groups (broad SMARTS) is 1. The van der Waals surface area contributed by atoms with Crippen LogP contribution in [0.15, 0.2) is 69.6 Å². The van der Waals surface area contributed by atoms with Gasteiger partial charge in [0.1, 0.15) is 34.6 Å². The molecule has 10 rings (SSSR count). The number of carbonyl (C=O) groups is 6. The van der Waals surface area contributed by atoms with E-state index in [1.807, 2.05) is 0 Å². The minimum absolute atomic E-state index is 0.0430. The van der Waals surface area contributed by atoms with E-state index < -0.39 is 140 Å². The summed E-state index contributed by atoms with van der Waals surface area (Å²) in [4.78, 5) is 99.2. The first kappa shape index (κ1) is 58.0. The predicted molar refractivity (Wildman–Crippen MR) is 292 cm³/mol. The van der Waals surface area contributed by atoms with Crippen molar-refractivity contribution in [3.63, 3.8) is 0 Å². The summed E-state index contributed by atoms with van der Waals surface area (Å²) in [6.07, 6.45) is 8.09. The Hall–Kier alpha value is -7.69. The molecule has 21 nitrogen and oxygen atoms in total. The number of hydrogen-bond acceptors (Lipinski definition) is 18. The fraction of sp³-hybridized carbons (Fsp3) is 0.492. The number of esters is 1. The first-order valence-corrected chi connectivity index (χ1v) is 27.1. The quantitative estimate of drug-likeness (QED) is 0.126. The number of phenols is 1. The summed E-state index contributed by atoms with van der Waals surface area (Å²) in [5, 5.41) is 53.8. The third kappa shape index (κ3) is 10.3. The summed E-state index contributed by atoms with van der Waals surface area (Å²) in [5.41, 5.74) is -3.49. The van der Waals surface area contributed by atoms with Crippen LogP contribution in [0.25, 0.3) is 10.9 Å². The molecule has 11 atom stereocenters. The number of rotatable bonds is 8. The number of nitrogens with zero attached hydrogens (tertiary/aromatic N) is 4. The van der Waals surface area contributed by atoms with Gasteiger partial charge < -0.3 is 58.9 Å². The van der Waals surface area contributed by atoms with Crippen LogP contribution in [-0.2, 0) is 23.8 Å². The van der Waals surface area contributed by atoms with Gasteiger partial charge in [0.15, 0.2) is 17.3 Å². The number of halogens is 1. The van der Waals surface area contributed by atoms with Gasteiger partial charge in [0.2, 0.25) is 11.2 Å². The van der Waals surface area contributed by atoms with Crippen molar-refractivity contribution in [3.05, 3.63) is 104 Å². The number of ketones is 3. The number of hydrazone groups is 1. The Kier molecular flexibility index (Phi) is 16.0. The molecule has 2 saturated heterocycles. The van der Waals surface area contributed by atoms with Gasteiger partial charge in [-0.05, 0) is 51.7 Å². The number of phenolic OH excluding ortho intramolecular Hbond substituents is 1. The van der Waals surface area contributed by atoms with Gasteiger partial charge in [0.05, 0.1) is 77.1 Å². The molecule has 2 aromatic carbocycles. The van der Waals surface area contributed by atoms with Crippen LogP contribution < -0.4 is 25.1 Å². The smallest absolute Gasteiger partial charge is 0.341 e. The number of Topliss-reactive ketones (excluding diaryl/α,β-unsaturated/α-hetero) is 3. The minimum atomic E-state index is -2.20. The lowest BCUT2D eigenvalue weighted by Gasteiger charge is -2.38. The fourth-order valence-corrected chi connectivity index (χ4v) is 12.2. The van der Waals surface area contributed by atoms with E-state index >= 15 is 14.0 Å². The van der Waals surface area contributed by atoms with Crippen molar-refractivity contribution >= 4 is 58.0 Å². The van der Waals surface area contributed by atoms with E-state index in [-0.39, 0.29) is 63.3 Å². The number of aliphatic hydroxyl groups excluding tert-OH is 2. The van der Waals surface area contributed by atoms with E-state index in [4.69, 9.17) is 28.8 Å². The van der Waals surface area contributed by atoms with Crippen molar-refractivity contribution in [3.8, 4) is 17.2 Å². The van der Waals surface area contributed by atoms with Crippen LogP contribution in [-0.4, -0.2) is 142 Å². The number of aromatic hydroxyl groups is 1. The number of amides is 1. The molecule has 2 aliphatic carbocycles. The maximum Gasteiger partial charge on any atom is 0.341 e. The number of pyridine rings is 1. The third-order valence-electron chi connectivity index (χ3n) is 17.0. The molecule has 3 fully saturated rings. The largest absolute Gasteiger partial charge is 0.507 e. The van der Waals surface area contributed by atoms with E-state index in [1.165, 1.54) is 66.3 Å². The Balaban J connectivity index is 1.11. The lowest BCUT2D eigenvalue weighted by atomic mass is 9.78. The highest BCUT2D eigenvalue weighted by atomic mass is 19.1. The number of aromatic nitrogens is 1. The average Bonchev–Trinajstić information content (AvgIpc) is 4.04. The molecule has 6 heterocycles. The first-order valence-electron chi connectivity index (χ1n) is 27.1. The molecule has 7 aliphatic rings. The van der Waals surface area contributed by atoms with E-state index in [1.54, 1.807) is 48.2 Å². The number of carboxylic acids is 1. The van der Waals surface area contributed by atoms with Crippen molar-refractivity contribution in [1.82, 2.24) is 14.9 Å². The highest BCUT2D eigenvalue weighted by Crippen LogP contribution is 2.50. The lowest BCUT2D eigenvalue weighted by Crippen LogP contribution is -2.46. The number of aliphatic hydroxyl groups is 2. The minimum Gasteiger partial charge on any atom is -0.507 e. The van der Waals surface area contributed by atoms with Crippen LogP contribution >= 0.6 is 0 Å². The molecule has 5 bridgehead atoms. The number of ether oxygens (including phenoxy) is 5. The summed E-state index contributed by atoms with van der Waals surface area (Å²) in [6, 6.07) is 0.498. The SMILES string of the molecule is COc1c(N2CC3CCCN(N=CC4=C5NC(=O)/C(C)=C\C=C\[C@H](C)[C@H](O)[C@@H](C)[C@@H](O)[C@@H](C)[C@H](OC(C)=O)[C@H](C)[C@@H](OC)/C=C/O[C@@]6(C)Oc7c(C)c(O)c(c(c7C6=O)C4=O)C5=O)C3C2)c(F)cc2c(=O)c(C(=O)O)cn(C3CC3)c12. The maximum absolute atomic E-state index is 16.6. The second kappa shape index (κ2) is 22.3. The van der Waals surface area contributed by atoms with Gasteiger partial charge in [-0.25, -0.2) is 9.18 Å². The summed E-state index contributed by atoms with van der Waals surface area (Å²) in [6.45, 7) is 12.9. The predicted octanol–water partition coefficient (Wildman–Crippen LogP) is 6.08. The number of nitrogens with one attached hydrogen (secondary N) is 1. The van der Waals surface area contributed by atoms with Gasteiger partial charge in [0.25, 0.3) is 11.7 Å². The Morgan fingerprint density at radius 1 is 0.938 bits per heavy atom. The standard InChI is InChI=1S/C59H68FN5O16/c1-26-13-11-14-27(2)57(74)62-44-36(22-61-65-19-12-15-33-23-63(25-39(33)65)46-38(60)21-35-45(55(46)78-10)64(34-16-17-34)24-37(50(35)70)58(75)76)51(71)41-42(52(44)72)49(69)31(6)54-43(41)56(73)59(8,81-54)79-20-18-40(77-9)28(3)53(80-32(7)66)30(5)48(68)29(4)47(26)67/h11,13-14,18,20-22,24,26,28-30,33-34,39-40,47-48,53,67-69H,12,15-17,19,23,25H2,1-10H3,(H,62,74)(H,75,76)/b13-11+,20-18+,27-14-,61-22?/t26-,28+,29+,30+,33?,39?,40-,47-,48+,53+,59-/m0/s1. The zero-order valence-electron chi connectivity index (χ0n) is 46.8. The molecular formula is C59H68FN5O16. The van der Waals surface area contributed by atoms with Gasteiger partial charge in [-0.2, -0.15) is 5.10 Å². The summed E-state index contributed by atoms with van der Waals surface area (Å²) in [7, 11) is 2.76. The molecule has 5 N–H and O–H groups in total. The fourth-order valence-electron chi connectivity index (χ4n) is 12.2. The Morgan fingerprint density at radius 3 is 2.31 bits per heavy atom. The Bertz CT molecular complexity index is 3380. The van der Waals surface area contributed by atoms with Crippen LogP contribution in [0.3, 0.4) is 0 Å².